The SMILES string of the molecule is COc1ccc(Br)cc1/C=N\NC(=O)c1nn(C)cc1I. The third-order valence-corrected chi connectivity index (χ3v) is 3.84. The molecule has 0 atom stereocenters. The van der Waals surface area contributed by atoms with Gasteiger partial charge in [-0.15, -0.1) is 0 Å². The molecule has 6 nitrogen and oxygen atoms in total. The van der Waals surface area contributed by atoms with Gasteiger partial charge in [-0.3, -0.25) is 9.48 Å². The Morgan fingerprint density at radius 3 is 2.95 bits per heavy atom. The van der Waals surface area contributed by atoms with Gasteiger partial charge in [0.2, 0.25) is 0 Å². The largest absolute Gasteiger partial charge is 0.496 e. The first-order chi connectivity index (χ1) is 10.0. The molecular formula is C13H12BrIN4O2. The molecule has 1 heterocycles. The van der Waals surface area contributed by atoms with Crippen LogP contribution in [0.1, 0.15) is 16.1 Å². The number of methoxy groups -OCH3 is 1. The van der Waals surface area contributed by atoms with Crippen molar-refractivity contribution in [2.75, 3.05) is 7.11 Å². The molecule has 0 unspecified atom stereocenters. The number of aromatic nitrogens is 2. The van der Waals surface area contributed by atoms with E-state index < -0.39 is 0 Å². The molecule has 0 radical (unpaired) electrons. The molecule has 0 bridgehead atoms. The van der Waals surface area contributed by atoms with Crippen molar-refractivity contribution in [3.05, 3.63) is 43.7 Å². The van der Waals surface area contributed by atoms with Crippen LogP contribution in [0.3, 0.4) is 0 Å². The van der Waals surface area contributed by atoms with Gasteiger partial charge in [0.1, 0.15) is 5.75 Å². The maximum Gasteiger partial charge on any atom is 0.292 e. The average Bonchev–Trinajstić information content (AvgIpc) is 2.78. The molecule has 0 fully saturated rings. The number of halogens is 2. The number of ether oxygens (including phenoxy) is 1. The summed E-state index contributed by atoms with van der Waals surface area (Å²) in [7, 11) is 3.34. The summed E-state index contributed by atoms with van der Waals surface area (Å²) < 4.78 is 8.47. The van der Waals surface area contributed by atoms with Crippen LogP contribution < -0.4 is 10.2 Å². The zero-order chi connectivity index (χ0) is 15.4. The predicted octanol–water partition coefficient (Wildman–Crippen LogP) is 2.56. The van der Waals surface area contributed by atoms with E-state index in [0.717, 1.165) is 13.6 Å². The zero-order valence-corrected chi connectivity index (χ0v) is 15.0. The molecule has 1 N–H and O–H groups in total. The van der Waals surface area contributed by atoms with Crippen LogP contribution in [0.4, 0.5) is 0 Å². The van der Waals surface area contributed by atoms with Crippen molar-refractivity contribution in [3.63, 3.8) is 0 Å². The van der Waals surface area contributed by atoms with Crippen molar-refractivity contribution in [3.8, 4) is 5.75 Å². The van der Waals surface area contributed by atoms with Crippen molar-refractivity contribution in [2.45, 2.75) is 0 Å². The van der Waals surface area contributed by atoms with Gasteiger partial charge in [0.15, 0.2) is 5.69 Å². The molecule has 0 saturated carbocycles. The molecule has 0 aliphatic heterocycles. The van der Waals surface area contributed by atoms with Crippen molar-refractivity contribution >= 4 is 50.6 Å². The van der Waals surface area contributed by atoms with E-state index >= 15 is 0 Å². The number of amides is 1. The number of carbonyl (C=O) groups is 1. The lowest BCUT2D eigenvalue weighted by Gasteiger charge is -2.04. The van der Waals surface area contributed by atoms with Crippen LogP contribution in [-0.2, 0) is 7.05 Å². The molecule has 0 aliphatic carbocycles. The third-order valence-electron chi connectivity index (χ3n) is 2.56. The Kier molecular flexibility index (Phi) is 5.34. The Morgan fingerprint density at radius 1 is 1.57 bits per heavy atom. The van der Waals surface area contributed by atoms with Crippen LogP contribution in [-0.4, -0.2) is 29.0 Å². The Labute approximate surface area is 143 Å². The van der Waals surface area contributed by atoms with Crippen LogP contribution in [0.2, 0.25) is 0 Å². The highest BCUT2D eigenvalue weighted by Crippen LogP contribution is 2.21. The third kappa shape index (κ3) is 4.03. The molecule has 110 valence electrons. The van der Waals surface area contributed by atoms with Gasteiger partial charge in [-0.1, -0.05) is 15.9 Å². The topological polar surface area (TPSA) is 68.5 Å². The number of nitrogens with one attached hydrogen (secondary N) is 1. The standard InChI is InChI=1S/C13H12BrIN4O2/c1-19-7-10(15)12(18-19)13(20)17-16-6-8-5-9(14)3-4-11(8)21-2/h3-7H,1-2H3,(H,17,20)/b16-6-. The van der Waals surface area contributed by atoms with E-state index in [1.54, 1.807) is 25.0 Å². The van der Waals surface area contributed by atoms with E-state index in [0.29, 0.717) is 11.4 Å². The normalized spacial score (nSPS) is 10.9. The van der Waals surface area contributed by atoms with Crippen LogP contribution in [0.15, 0.2) is 34.0 Å². The first-order valence-electron chi connectivity index (χ1n) is 5.87. The highest BCUT2D eigenvalue weighted by Gasteiger charge is 2.13. The summed E-state index contributed by atoms with van der Waals surface area (Å²) >= 11 is 5.43. The van der Waals surface area contributed by atoms with Crippen LogP contribution >= 0.6 is 38.5 Å². The maximum absolute atomic E-state index is 11.9. The van der Waals surface area contributed by atoms with Crippen molar-refractivity contribution < 1.29 is 9.53 Å². The van der Waals surface area contributed by atoms with Crippen LogP contribution in [0, 0.1) is 3.57 Å². The number of aryl methyl sites for hydroxylation is 1. The van der Waals surface area contributed by atoms with Gasteiger partial charge in [0.25, 0.3) is 5.91 Å². The van der Waals surface area contributed by atoms with Crippen LogP contribution in [0.5, 0.6) is 5.75 Å². The predicted molar refractivity (Wildman–Crippen MR) is 91.7 cm³/mol. The van der Waals surface area contributed by atoms with Crippen molar-refractivity contribution in [2.24, 2.45) is 12.1 Å². The fourth-order valence-corrected chi connectivity index (χ4v) is 2.77. The van der Waals surface area contributed by atoms with E-state index in [-0.39, 0.29) is 5.91 Å². The monoisotopic (exact) mass is 462 g/mol. The minimum absolute atomic E-state index is 0.344. The lowest BCUT2D eigenvalue weighted by molar-refractivity contribution is 0.0948. The minimum atomic E-state index is -0.356. The van der Waals surface area contributed by atoms with Gasteiger partial charge >= 0.3 is 0 Å². The van der Waals surface area contributed by atoms with E-state index in [1.807, 2.05) is 18.2 Å². The second kappa shape index (κ2) is 7.03. The molecule has 2 rings (SSSR count). The summed E-state index contributed by atoms with van der Waals surface area (Å²) in [5.41, 5.74) is 3.55. The summed E-state index contributed by atoms with van der Waals surface area (Å²) in [6, 6.07) is 5.53. The summed E-state index contributed by atoms with van der Waals surface area (Å²) in [6.45, 7) is 0. The van der Waals surface area contributed by atoms with Gasteiger partial charge in [-0.2, -0.15) is 10.2 Å². The molecule has 1 amide bonds. The lowest BCUT2D eigenvalue weighted by atomic mass is 10.2. The average molecular weight is 463 g/mol. The van der Waals surface area contributed by atoms with E-state index in [9.17, 15) is 4.79 Å². The first-order valence-corrected chi connectivity index (χ1v) is 7.74. The molecule has 0 saturated heterocycles. The van der Waals surface area contributed by atoms with E-state index in [1.165, 1.54) is 6.21 Å². The van der Waals surface area contributed by atoms with Gasteiger partial charge < -0.3 is 4.74 Å². The van der Waals surface area contributed by atoms with Gasteiger partial charge in [-0.05, 0) is 40.8 Å². The summed E-state index contributed by atoms with van der Waals surface area (Å²) in [5, 5.41) is 8.01. The van der Waals surface area contributed by atoms with Gasteiger partial charge in [0.05, 0.1) is 16.9 Å². The molecule has 1 aromatic carbocycles. The summed E-state index contributed by atoms with van der Waals surface area (Å²) in [5.74, 6) is 0.314. The van der Waals surface area contributed by atoms with E-state index in [4.69, 9.17) is 4.74 Å². The molecule has 21 heavy (non-hydrogen) atoms. The lowest BCUT2D eigenvalue weighted by Crippen LogP contribution is -2.19. The number of benzene rings is 1. The van der Waals surface area contributed by atoms with E-state index in [2.05, 4.69) is 54.1 Å². The number of nitrogens with zero attached hydrogens (tertiary/aromatic N) is 3. The Hall–Kier alpha value is -1.42. The first kappa shape index (κ1) is 16.0. The van der Waals surface area contributed by atoms with Gasteiger partial charge in [-0.25, -0.2) is 5.43 Å². The second-order valence-electron chi connectivity index (χ2n) is 4.08. The number of rotatable bonds is 4. The van der Waals surface area contributed by atoms with Crippen molar-refractivity contribution in [1.29, 1.82) is 0 Å². The number of hydrogen-bond donors (Lipinski definition) is 1. The van der Waals surface area contributed by atoms with Crippen LogP contribution in [0.25, 0.3) is 0 Å². The molecule has 8 heteroatoms. The number of hydrazone groups is 1. The molecule has 2 aromatic rings. The molecule has 0 spiro atoms. The maximum atomic E-state index is 11.9. The van der Waals surface area contributed by atoms with Crippen molar-refractivity contribution in [1.82, 2.24) is 15.2 Å². The smallest absolute Gasteiger partial charge is 0.292 e. The Balaban J connectivity index is 2.11. The summed E-state index contributed by atoms with van der Waals surface area (Å²) in [6.07, 6.45) is 3.29. The fraction of sp³-hybridized carbons (Fsp3) is 0.154. The molecule has 0 aliphatic rings. The zero-order valence-electron chi connectivity index (χ0n) is 11.3. The molecular weight excluding hydrogens is 451 g/mol. The Morgan fingerprint density at radius 2 is 2.33 bits per heavy atom. The summed E-state index contributed by atoms with van der Waals surface area (Å²) in [4.78, 5) is 11.9. The Bertz CT molecular complexity index is 699. The minimum Gasteiger partial charge on any atom is -0.496 e. The second-order valence-corrected chi connectivity index (χ2v) is 6.16. The number of carbonyl (C=O) groups excluding carboxylic acids is 1. The highest BCUT2D eigenvalue weighted by atomic mass is 127. The van der Waals surface area contributed by atoms with Gasteiger partial charge in [0, 0.05) is 23.3 Å². The quantitative estimate of drug-likeness (QED) is 0.431. The molecule has 1 aromatic heterocycles. The highest BCUT2D eigenvalue weighted by molar-refractivity contribution is 14.1. The fourth-order valence-electron chi connectivity index (χ4n) is 1.63. The number of hydrogen-bond acceptors (Lipinski definition) is 4.